The minimum atomic E-state index is -0.852. The first-order chi connectivity index (χ1) is 13.9. The molecule has 0 radical (unpaired) electrons. The molecule has 0 atom stereocenters. The molecule has 6 nitrogen and oxygen atoms in total. The van der Waals surface area contributed by atoms with Crippen molar-refractivity contribution < 1.29 is 18.8 Å². The molecule has 2 aromatic rings. The van der Waals surface area contributed by atoms with E-state index in [1.54, 1.807) is 12.1 Å². The molecule has 2 aliphatic rings. The van der Waals surface area contributed by atoms with E-state index in [-0.39, 0.29) is 11.3 Å². The molecule has 4 rings (SSSR count). The molecule has 0 bridgehead atoms. The van der Waals surface area contributed by atoms with Gasteiger partial charge in [-0.2, -0.15) is 0 Å². The smallest absolute Gasteiger partial charge is 0.335 e. The number of hydrogen-bond donors (Lipinski definition) is 1. The Morgan fingerprint density at radius 2 is 1.69 bits per heavy atom. The Hall–Kier alpha value is -3.19. The summed E-state index contributed by atoms with van der Waals surface area (Å²) in [6.07, 6.45) is 3.33. The molecule has 2 saturated heterocycles. The number of nitrogens with one attached hydrogen (secondary N) is 1. The molecule has 2 fully saturated rings. The molecule has 4 amide bonds. The van der Waals surface area contributed by atoms with Crippen LogP contribution in [0.1, 0.15) is 18.4 Å². The van der Waals surface area contributed by atoms with E-state index in [0.29, 0.717) is 16.3 Å². The molecule has 1 N–H and O–H groups in total. The molecule has 29 heavy (non-hydrogen) atoms. The average molecular weight is 414 g/mol. The van der Waals surface area contributed by atoms with E-state index in [1.807, 2.05) is 4.90 Å². The minimum absolute atomic E-state index is 0.257. The number of hydrogen-bond acceptors (Lipinski definition) is 4. The number of nitrogens with zero attached hydrogens (tertiary/aromatic N) is 2. The van der Waals surface area contributed by atoms with Crippen molar-refractivity contribution in [2.24, 2.45) is 0 Å². The molecule has 0 aliphatic carbocycles. The molecule has 0 aromatic heterocycles. The highest BCUT2D eigenvalue weighted by Gasteiger charge is 2.36. The summed E-state index contributed by atoms with van der Waals surface area (Å²) in [6, 6.07) is 9.77. The van der Waals surface area contributed by atoms with Crippen molar-refractivity contribution >= 4 is 46.9 Å². The van der Waals surface area contributed by atoms with Gasteiger partial charge in [0.2, 0.25) is 0 Å². The summed E-state index contributed by atoms with van der Waals surface area (Å²) in [7, 11) is 0. The van der Waals surface area contributed by atoms with E-state index >= 15 is 0 Å². The topological polar surface area (TPSA) is 69.7 Å². The Morgan fingerprint density at radius 3 is 2.34 bits per heavy atom. The summed E-state index contributed by atoms with van der Waals surface area (Å²) in [5.74, 6) is -2.03. The summed E-state index contributed by atoms with van der Waals surface area (Å²) < 4.78 is 14.6. The molecule has 0 unspecified atom stereocenters. The number of amides is 4. The van der Waals surface area contributed by atoms with Crippen LogP contribution in [0.25, 0.3) is 6.08 Å². The molecule has 2 heterocycles. The lowest BCUT2D eigenvalue weighted by atomic mass is 10.1. The van der Waals surface area contributed by atoms with Crippen LogP contribution in [0.15, 0.2) is 48.0 Å². The summed E-state index contributed by atoms with van der Waals surface area (Å²) in [5, 5.41) is 2.58. The molecular weight excluding hydrogens is 397 g/mol. The fourth-order valence-electron chi connectivity index (χ4n) is 3.48. The molecule has 148 valence electrons. The van der Waals surface area contributed by atoms with Gasteiger partial charge >= 0.3 is 6.03 Å². The summed E-state index contributed by atoms with van der Waals surface area (Å²) in [4.78, 5) is 40.1. The number of urea groups is 1. The van der Waals surface area contributed by atoms with E-state index in [1.165, 1.54) is 36.4 Å². The number of anilines is 2. The quantitative estimate of drug-likeness (QED) is 0.614. The Balaban J connectivity index is 1.65. The first-order valence-corrected chi connectivity index (χ1v) is 9.53. The third kappa shape index (κ3) is 3.73. The number of barbiturate groups is 1. The first kappa shape index (κ1) is 19.1. The normalized spacial score (nSPS) is 18.6. The van der Waals surface area contributed by atoms with Crippen molar-refractivity contribution in [2.75, 3.05) is 22.9 Å². The number of imide groups is 2. The van der Waals surface area contributed by atoms with Crippen LogP contribution in [-0.4, -0.2) is 30.9 Å². The predicted molar refractivity (Wildman–Crippen MR) is 108 cm³/mol. The molecule has 0 saturated carbocycles. The number of rotatable bonds is 3. The second-order valence-corrected chi connectivity index (χ2v) is 7.28. The lowest BCUT2D eigenvalue weighted by Crippen LogP contribution is -2.54. The Morgan fingerprint density at radius 1 is 1.00 bits per heavy atom. The maximum atomic E-state index is 14.6. The number of benzene rings is 2. The molecule has 0 spiro atoms. The van der Waals surface area contributed by atoms with Crippen molar-refractivity contribution in [3.05, 3.63) is 64.4 Å². The SMILES string of the molecule is O=C1NC(=O)N(c2ccc(Cl)cc2)C(=O)/C1=C/c1ccc(N2CCCC2)c(F)c1. The zero-order valence-corrected chi connectivity index (χ0v) is 16.1. The van der Waals surface area contributed by atoms with E-state index in [2.05, 4.69) is 5.32 Å². The summed E-state index contributed by atoms with van der Waals surface area (Å²) in [6.45, 7) is 1.60. The van der Waals surface area contributed by atoms with Crippen molar-refractivity contribution in [1.82, 2.24) is 5.32 Å². The zero-order valence-electron chi connectivity index (χ0n) is 15.3. The average Bonchev–Trinajstić information content (AvgIpc) is 3.21. The predicted octanol–water partition coefficient (Wildman–Crippen LogP) is 3.75. The van der Waals surface area contributed by atoms with E-state index in [4.69, 9.17) is 11.6 Å². The van der Waals surface area contributed by atoms with Gasteiger partial charge in [-0.15, -0.1) is 0 Å². The first-order valence-electron chi connectivity index (χ1n) is 9.15. The Bertz CT molecular complexity index is 1030. The molecular formula is C21H17ClFN3O3. The van der Waals surface area contributed by atoms with Crippen LogP contribution in [-0.2, 0) is 9.59 Å². The van der Waals surface area contributed by atoms with Gasteiger partial charge in [0.1, 0.15) is 11.4 Å². The molecule has 2 aromatic carbocycles. The van der Waals surface area contributed by atoms with Gasteiger partial charge in [-0.05, 0) is 60.9 Å². The van der Waals surface area contributed by atoms with Gasteiger partial charge in [-0.1, -0.05) is 17.7 Å². The van der Waals surface area contributed by atoms with Gasteiger partial charge in [0.15, 0.2) is 0 Å². The van der Waals surface area contributed by atoms with Gasteiger partial charge in [0, 0.05) is 18.1 Å². The zero-order chi connectivity index (χ0) is 20.5. The highest BCUT2D eigenvalue weighted by Crippen LogP contribution is 2.27. The number of halogens is 2. The van der Waals surface area contributed by atoms with Gasteiger partial charge < -0.3 is 4.90 Å². The van der Waals surface area contributed by atoms with Crippen LogP contribution in [0.2, 0.25) is 5.02 Å². The van der Waals surface area contributed by atoms with Gasteiger partial charge in [-0.25, -0.2) is 14.1 Å². The van der Waals surface area contributed by atoms with Gasteiger partial charge in [-0.3, -0.25) is 14.9 Å². The van der Waals surface area contributed by atoms with Gasteiger partial charge in [0.05, 0.1) is 11.4 Å². The summed E-state index contributed by atoms with van der Waals surface area (Å²) in [5.41, 5.74) is 0.870. The highest BCUT2D eigenvalue weighted by atomic mass is 35.5. The number of carbonyl (C=O) groups is 3. The van der Waals surface area contributed by atoms with Crippen molar-refractivity contribution in [2.45, 2.75) is 12.8 Å². The second kappa shape index (κ2) is 7.67. The van der Waals surface area contributed by atoms with Crippen LogP contribution < -0.4 is 15.1 Å². The van der Waals surface area contributed by atoms with Crippen LogP contribution in [0.5, 0.6) is 0 Å². The van der Waals surface area contributed by atoms with Crippen molar-refractivity contribution in [3.63, 3.8) is 0 Å². The number of carbonyl (C=O) groups excluding carboxylic acids is 3. The van der Waals surface area contributed by atoms with Gasteiger partial charge in [0.25, 0.3) is 11.8 Å². The molecule has 2 aliphatic heterocycles. The second-order valence-electron chi connectivity index (χ2n) is 6.84. The van der Waals surface area contributed by atoms with Crippen molar-refractivity contribution in [1.29, 1.82) is 0 Å². The lowest BCUT2D eigenvalue weighted by molar-refractivity contribution is -0.122. The maximum Gasteiger partial charge on any atom is 0.335 e. The standard InChI is InChI=1S/C21H17ClFN3O3/c22-14-4-6-15(7-5-14)26-20(28)16(19(27)24-21(26)29)11-13-3-8-18(17(23)12-13)25-9-1-2-10-25/h3-8,11-12H,1-2,9-10H2,(H,24,27,29)/b16-11+. The molecule has 8 heteroatoms. The van der Waals surface area contributed by atoms with Crippen LogP contribution in [0.3, 0.4) is 0 Å². The third-order valence-electron chi connectivity index (χ3n) is 4.92. The van der Waals surface area contributed by atoms with Crippen molar-refractivity contribution in [3.8, 4) is 0 Å². The van der Waals surface area contributed by atoms with Crippen LogP contribution in [0.4, 0.5) is 20.6 Å². The lowest BCUT2D eigenvalue weighted by Gasteiger charge is -2.26. The van der Waals surface area contributed by atoms with E-state index < -0.39 is 23.7 Å². The van der Waals surface area contributed by atoms with Crippen LogP contribution in [0, 0.1) is 5.82 Å². The van der Waals surface area contributed by atoms with E-state index in [0.717, 1.165) is 30.8 Å². The minimum Gasteiger partial charge on any atom is -0.369 e. The fraction of sp³-hybridized carbons (Fsp3) is 0.190. The summed E-state index contributed by atoms with van der Waals surface area (Å²) >= 11 is 5.85. The third-order valence-corrected chi connectivity index (χ3v) is 5.17. The Kier molecular flexibility index (Phi) is 5.07. The largest absolute Gasteiger partial charge is 0.369 e. The highest BCUT2D eigenvalue weighted by molar-refractivity contribution is 6.39. The van der Waals surface area contributed by atoms with Crippen LogP contribution >= 0.6 is 11.6 Å². The monoisotopic (exact) mass is 413 g/mol. The van der Waals surface area contributed by atoms with E-state index in [9.17, 15) is 18.8 Å². The fourth-order valence-corrected chi connectivity index (χ4v) is 3.60. The Labute approximate surface area is 171 Å². The maximum absolute atomic E-state index is 14.6.